The van der Waals surface area contributed by atoms with E-state index < -0.39 is 22.0 Å². The number of amides is 1. The van der Waals surface area contributed by atoms with E-state index in [1.54, 1.807) is 0 Å². The van der Waals surface area contributed by atoms with Gasteiger partial charge in [-0.1, -0.05) is 25.5 Å². The molecule has 1 saturated heterocycles. The first-order chi connectivity index (χ1) is 16.3. The lowest BCUT2D eigenvalue weighted by Gasteiger charge is -2.30. The molecule has 0 radical (unpaired) electrons. The van der Waals surface area contributed by atoms with Gasteiger partial charge in [0.25, 0.3) is 5.91 Å². The van der Waals surface area contributed by atoms with Crippen molar-refractivity contribution in [2.75, 3.05) is 18.8 Å². The number of nitrogens with one attached hydrogen (secondary N) is 3. The summed E-state index contributed by atoms with van der Waals surface area (Å²) in [5.41, 5.74) is 1.95. The molecular formula is C25H39N3O5S. The van der Waals surface area contributed by atoms with Crippen molar-refractivity contribution in [2.24, 2.45) is 5.92 Å². The highest BCUT2D eigenvalue weighted by Crippen LogP contribution is 2.29. The number of sulfonamides is 1. The largest absolute Gasteiger partial charge is 0.480 e. The number of carboxylic acids is 1. The number of carbonyl (C=O) groups excluding carboxylic acids is 1. The summed E-state index contributed by atoms with van der Waals surface area (Å²) in [6.07, 6.45) is 6.82. The molecule has 0 bridgehead atoms. The average Bonchev–Trinajstić information content (AvgIpc) is 2.84. The maximum atomic E-state index is 12.7. The van der Waals surface area contributed by atoms with E-state index in [1.807, 2.05) is 19.1 Å². The second kappa shape index (κ2) is 12.7. The minimum Gasteiger partial charge on any atom is -0.480 e. The Morgan fingerprint density at radius 1 is 1.06 bits per heavy atom. The van der Waals surface area contributed by atoms with Crippen molar-refractivity contribution in [3.8, 4) is 0 Å². The van der Waals surface area contributed by atoms with Gasteiger partial charge in [0, 0.05) is 11.6 Å². The van der Waals surface area contributed by atoms with Gasteiger partial charge in [-0.05, 0) is 94.0 Å². The fraction of sp³-hybridized carbons (Fsp3) is 0.680. The third-order valence-electron chi connectivity index (χ3n) is 7.12. The van der Waals surface area contributed by atoms with Crippen LogP contribution in [-0.2, 0) is 14.8 Å². The zero-order valence-electron chi connectivity index (χ0n) is 20.1. The lowest BCUT2D eigenvalue weighted by molar-refractivity contribution is -0.139. The maximum Gasteiger partial charge on any atom is 0.321 e. The molecule has 190 valence electrons. The molecule has 1 aliphatic heterocycles. The molecule has 0 aromatic heterocycles. The van der Waals surface area contributed by atoms with E-state index in [0.29, 0.717) is 17.9 Å². The van der Waals surface area contributed by atoms with Crippen LogP contribution in [-0.4, -0.2) is 56.3 Å². The normalized spacial score (nSPS) is 22.7. The molecule has 1 atom stereocenters. The number of benzene rings is 1. The molecule has 0 spiro atoms. The van der Waals surface area contributed by atoms with Crippen LogP contribution >= 0.6 is 0 Å². The van der Waals surface area contributed by atoms with Crippen molar-refractivity contribution in [1.29, 1.82) is 0 Å². The Kier molecular flexibility index (Phi) is 9.91. The van der Waals surface area contributed by atoms with Gasteiger partial charge < -0.3 is 15.7 Å². The molecule has 1 amide bonds. The van der Waals surface area contributed by atoms with Crippen LogP contribution in [0.15, 0.2) is 24.3 Å². The Bertz CT molecular complexity index is 905. The minimum atomic E-state index is -3.60. The van der Waals surface area contributed by atoms with E-state index >= 15 is 0 Å². The van der Waals surface area contributed by atoms with Crippen LogP contribution in [0.5, 0.6) is 0 Å². The molecule has 1 heterocycles. The van der Waals surface area contributed by atoms with Crippen molar-refractivity contribution < 1.29 is 23.1 Å². The Labute approximate surface area is 203 Å². The van der Waals surface area contributed by atoms with Crippen molar-refractivity contribution >= 4 is 21.9 Å². The second-order valence-electron chi connectivity index (χ2n) is 9.75. The van der Waals surface area contributed by atoms with Gasteiger partial charge in [0.2, 0.25) is 10.0 Å². The second-order valence-corrected chi connectivity index (χ2v) is 11.6. The number of unbranched alkanes of at least 4 members (excludes halogenated alkanes) is 1. The van der Waals surface area contributed by atoms with Crippen molar-refractivity contribution in [2.45, 2.75) is 82.7 Å². The molecule has 34 heavy (non-hydrogen) atoms. The highest BCUT2D eigenvalue weighted by Gasteiger charge is 2.30. The number of hydrogen-bond acceptors (Lipinski definition) is 5. The van der Waals surface area contributed by atoms with Gasteiger partial charge in [-0.15, -0.1) is 0 Å². The Morgan fingerprint density at radius 2 is 1.71 bits per heavy atom. The van der Waals surface area contributed by atoms with Crippen LogP contribution in [0.3, 0.4) is 0 Å². The minimum absolute atomic E-state index is 0.0507. The monoisotopic (exact) mass is 493 g/mol. The Hall–Kier alpha value is -1.97. The first-order valence-corrected chi connectivity index (χ1v) is 14.3. The van der Waals surface area contributed by atoms with Crippen molar-refractivity contribution in [1.82, 2.24) is 15.4 Å². The van der Waals surface area contributed by atoms with Gasteiger partial charge in [-0.2, -0.15) is 0 Å². The van der Waals surface area contributed by atoms with Gasteiger partial charge in [0.1, 0.15) is 6.04 Å². The van der Waals surface area contributed by atoms with Gasteiger partial charge in [-0.25, -0.2) is 13.1 Å². The fourth-order valence-corrected chi connectivity index (χ4v) is 6.43. The molecule has 2 aliphatic rings. The van der Waals surface area contributed by atoms with Crippen LogP contribution in [0.1, 0.15) is 86.6 Å². The smallest absolute Gasteiger partial charge is 0.321 e. The first-order valence-electron chi connectivity index (χ1n) is 12.6. The van der Waals surface area contributed by atoms with Gasteiger partial charge in [0.15, 0.2) is 0 Å². The van der Waals surface area contributed by atoms with Crippen LogP contribution in [0.4, 0.5) is 0 Å². The van der Waals surface area contributed by atoms with Crippen LogP contribution in [0.2, 0.25) is 0 Å². The fourth-order valence-electron chi connectivity index (χ4n) is 5.02. The van der Waals surface area contributed by atoms with Crippen LogP contribution in [0, 0.1) is 5.92 Å². The molecule has 1 aromatic carbocycles. The highest BCUT2D eigenvalue weighted by molar-refractivity contribution is 7.89. The van der Waals surface area contributed by atoms with Crippen LogP contribution < -0.4 is 15.4 Å². The molecule has 9 heteroatoms. The Balaban J connectivity index is 1.45. The number of hydrogen-bond donors (Lipinski definition) is 4. The zero-order chi connectivity index (χ0) is 24.6. The summed E-state index contributed by atoms with van der Waals surface area (Å²) in [5, 5.41) is 16.0. The van der Waals surface area contributed by atoms with E-state index in [1.165, 1.54) is 5.56 Å². The Morgan fingerprint density at radius 3 is 2.29 bits per heavy atom. The SMILES string of the molecule is CCCCS(=O)(=O)NC(CC1CCC(NC(=O)c2ccc(C3CCNCC3)cc2)CC1)C(=O)O. The average molecular weight is 494 g/mol. The predicted molar refractivity (Wildman–Crippen MR) is 132 cm³/mol. The van der Waals surface area contributed by atoms with E-state index in [4.69, 9.17) is 0 Å². The third kappa shape index (κ3) is 8.06. The first kappa shape index (κ1) is 26.6. The van der Waals surface area contributed by atoms with Crippen molar-refractivity contribution in [3.63, 3.8) is 0 Å². The van der Waals surface area contributed by atoms with Crippen LogP contribution in [0.25, 0.3) is 0 Å². The summed E-state index contributed by atoms with van der Waals surface area (Å²) in [5.74, 6) is -0.590. The highest BCUT2D eigenvalue weighted by atomic mass is 32.2. The molecule has 1 aliphatic carbocycles. The number of carboxylic acid groups (broad SMARTS) is 1. The summed E-state index contributed by atoms with van der Waals surface area (Å²) in [4.78, 5) is 24.3. The maximum absolute atomic E-state index is 12.7. The summed E-state index contributed by atoms with van der Waals surface area (Å²) < 4.78 is 26.6. The topological polar surface area (TPSA) is 125 Å². The summed E-state index contributed by atoms with van der Waals surface area (Å²) >= 11 is 0. The van der Waals surface area contributed by atoms with E-state index in [9.17, 15) is 23.1 Å². The lowest BCUT2D eigenvalue weighted by atomic mass is 9.82. The van der Waals surface area contributed by atoms with Gasteiger partial charge in [0.05, 0.1) is 5.75 Å². The summed E-state index contributed by atoms with van der Waals surface area (Å²) in [7, 11) is -3.60. The molecule has 1 aromatic rings. The zero-order valence-corrected chi connectivity index (χ0v) is 20.9. The number of aliphatic carboxylic acids is 1. The molecule has 2 fully saturated rings. The molecular weight excluding hydrogens is 454 g/mol. The van der Waals surface area contributed by atoms with E-state index in [-0.39, 0.29) is 30.0 Å². The lowest BCUT2D eigenvalue weighted by Crippen LogP contribution is -2.44. The molecule has 8 nitrogen and oxygen atoms in total. The van der Waals surface area contributed by atoms with Gasteiger partial charge >= 0.3 is 5.97 Å². The third-order valence-corrected chi connectivity index (χ3v) is 8.59. The van der Waals surface area contributed by atoms with Crippen molar-refractivity contribution in [3.05, 3.63) is 35.4 Å². The molecule has 3 rings (SSSR count). The standard InChI is InChI=1S/C25H39N3O5S/c1-2-3-16-34(32,33)28-23(25(30)31)17-18-4-10-22(11-5-18)27-24(29)21-8-6-19(7-9-21)20-12-14-26-15-13-20/h6-9,18,20,22-23,26,28H,2-5,10-17H2,1H3,(H,27,29)(H,30,31). The van der Waals surface area contributed by atoms with Gasteiger partial charge in [-0.3, -0.25) is 9.59 Å². The van der Waals surface area contributed by atoms with E-state index in [0.717, 1.165) is 58.0 Å². The number of carbonyl (C=O) groups is 2. The summed E-state index contributed by atoms with van der Waals surface area (Å²) in [6.45, 7) is 3.97. The molecule has 1 saturated carbocycles. The summed E-state index contributed by atoms with van der Waals surface area (Å²) in [6, 6.07) is 6.89. The predicted octanol–water partition coefficient (Wildman–Crippen LogP) is 3.01. The number of piperidine rings is 1. The molecule has 4 N–H and O–H groups in total. The quantitative estimate of drug-likeness (QED) is 0.376. The molecule has 1 unspecified atom stereocenters. The number of rotatable bonds is 11. The van der Waals surface area contributed by atoms with E-state index in [2.05, 4.69) is 27.5 Å².